The van der Waals surface area contributed by atoms with Crippen LogP contribution < -0.4 is 14.8 Å². The Kier molecular flexibility index (Phi) is 6.44. The van der Waals surface area contributed by atoms with Gasteiger partial charge in [0.15, 0.2) is 5.75 Å². The molecule has 1 fully saturated rings. The average Bonchev–Trinajstić information content (AvgIpc) is 2.76. The number of halogens is 3. The number of pyridine rings is 2. The summed E-state index contributed by atoms with van der Waals surface area (Å²) in [5.41, 5.74) is 0.715. The molecule has 0 amide bonds. The molecule has 6 nitrogen and oxygen atoms in total. The van der Waals surface area contributed by atoms with Gasteiger partial charge in [0.2, 0.25) is 0 Å². The summed E-state index contributed by atoms with van der Waals surface area (Å²) >= 11 is 4.93. The van der Waals surface area contributed by atoms with Crippen molar-refractivity contribution in [3.05, 3.63) is 41.3 Å². The maximum atomic E-state index is 13.1. The fraction of sp³-hybridized carbons (Fsp3) is 0.545. The number of aromatic nitrogens is 2. The molecule has 0 bridgehead atoms. The molecule has 2 aromatic rings. The molecule has 2 aromatic heterocycles. The van der Waals surface area contributed by atoms with Crippen molar-refractivity contribution in [3.8, 4) is 11.6 Å². The van der Waals surface area contributed by atoms with Crippen molar-refractivity contribution in [2.75, 3.05) is 38.2 Å². The summed E-state index contributed by atoms with van der Waals surface area (Å²) in [7, 11) is 0. The number of ether oxygens (including phenoxy) is 2. The second-order valence-corrected chi connectivity index (χ2v) is 9.39. The lowest BCUT2D eigenvalue weighted by molar-refractivity contribution is -0.141. The van der Waals surface area contributed by atoms with Crippen molar-refractivity contribution >= 4 is 18.3 Å². The van der Waals surface area contributed by atoms with Crippen LogP contribution >= 0.6 is 12.6 Å². The fourth-order valence-electron chi connectivity index (χ4n) is 4.17. The van der Waals surface area contributed by atoms with Crippen LogP contribution in [0.15, 0.2) is 24.3 Å². The van der Waals surface area contributed by atoms with Gasteiger partial charge in [-0.25, -0.2) is 9.97 Å². The van der Waals surface area contributed by atoms with E-state index in [1.807, 2.05) is 12.1 Å². The molecule has 4 rings (SSSR count). The molecule has 0 saturated carbocycles. The highest BCUT2D eigenvalue weighted by Crippen LogP contribution is 2.35. The first-order valence-electron chi connectivity index (χ1n) is 10.7. The predicted molar refractivity (Wildman–Crippen MR) is 119 cm³/mol. The van der Waals surface area contributed by atoms with Gasteiger partial charge < -0.3 is 14.8 Å². The van der Waals surface area contributed by atoms with Gasteiger partial charge in [-0.1, -0.05) is 0 Å². The lowest BCUT2D eigenvalue weighted by Gasteiger charge is -2.42. The Hall–Kier alpha value is -2.20. The summed E-state index contributed by atoms with van der Waals surface area (Å²) in [5.74, 6) is 1.18. The molecular weight excluding hydrogens is 441 g/mol. The van der Waals surface area contributed by atoms with Crippen LogP contribution in [0.1, 0.15) is 42.9 Å². The molecule has 2 aliphatic rings. The fourth-order valence-corrected chi connectivity index (χ4v) is 4.59. The van der Waals surface area contributed by atoms with Crippen molar-refractivity contribution in [2.24, 2.45) is 0 Å². The van der Waals surface area contributed by atoms with Gasteiger partial charge in [0.05, 0.1) is 5.69 Å². The summed E-state index contributed by atoms with van der Waals surface area (Å²) in [4.78, 5) is 10.5. The second kappa shape index (κ2) is 8.97. The number of nitrogens with one attached hydrogen (secondary N) is 1. The average molecular weight is 469 g/mol. The maximum absolute atomic E-state index is 13.1. The molecule has 0 spiro atoms. The van der Waals surface area contributed by atoms with E-state index in [2.05, 4.69) is 27.1 Å². The first kappa shape index (κ1) is 23.0. The van der Waals surface area contributed by atoms with Gasteiger partial charge in [-0.15, -0.1) is 0 Å². The van der Waals surface area contributed by atoms with Crippen LogP contribution in [0.25, 0.3) is 0 Å². The number of anilines is 1. The number of nitrogens with zero attached hydrogens (tertiary/aromatic N) is 3. The third kappa shape index (κ3) is 5.23. The van der Waals surface area contributed by atoms with E-state index < -0.39 is 16.6 Å². The lowest BCUT2D eigenvalue weighted by atomic mass is 9.94. The van der Waals surface area contributed by atoms with E-state index in [9.17, 15) is 13.2 Å². The van der Waals surface area contributed by atoms with Crippen LogP contribution in [0.5, 0.6) is 11.6 Å². The summed E-state index contributed by atoms with van der Waals surface area (Å²) in [6, 6.07) is 6.54. The smallest absolute Gasteiger partial charge is 0.433 e. The van der Waals surface area contributed by atoms with E-state index in [0.29, 0.717) is 49.3 Å². The van der Waals surface area contributed by atoms with Crippen molar-refractivity contribution in [3.63, 3.8) is 0 Å². The minimum absolute atomic E-state index is 0.0395. The van der Waals surface area contributed by atoms with Gasteiger partial charge in [0.1, 0.15) is 18.9 Å². The summed E-state index contributed by atoms with van der Waals surface area (Å²) in [5, 5.41) is 3.15. The minimum Gasteiger partial charge on any atom is -0.484 e. The molecule has 0 aliphatic carbocycles. The van der Waals surface area contributed by atoms with Crippen LogP contribution in [0.3, 0.4) is 0 Å². The zero-order chi connectivity index (χ0) is 22.9. The Bertz CT molecular complexity index is 975. The van der Waals surface area contributed by atoms with Crippen molar-refractivity contribution < 1.29 is 22.6 Å². The highest BCUT2D eigenvalue weighted by Gasteiger charge is 2.36. The van der Waals surface area contributed by atoms with Crippen LogP contribution in [0, 0.1) is 6.92 Å². The number of alkyl halides is 3. The third-order valence-corrected chi connectivity index (χ3v) is 6.38. The van der Waals surface area contributed by atoms with E-state index >= 15 is 0 Å². The first-order valence-corrected chi connectivity index (χ1v) is 11.1. The highest BCUT2D eigenvalue weighted by atomic mass is 32.1. The summed E-state index contributed by atoms with van der Waals surface area (Å²) in [6.45, 7) is 6.66. The Morgan fingerprint density at radius 2 is 2.00 bits per heavy atom. The van der Waals surface area contributed by atoms with Crippen molar-refractivity contribution in [1.29, 1.82) is 0 Å². The van der Waals surface area contributed by atoms with E-state index in [0.717, 1.165) is 31.1 Å². The zero-order valence-corrected chi connectivity index (χ0v) is 19.0. The topological polar surface area (TPSA) is 59.5 Å². The van der Waals surface area contributed by atoms with Crippen LogP contribution in [0.2, 0.25) is 0 Å². The lowest BCUT2D eigenvalue weighted by Crippen LogP contribution is -2.49. The largest absolute Gasteiger partial charge is 0.484 e. The molecule has 2 aliphatic heterocycles. The van der Waals surface area contributed by atoms with E-state index in [1.54, 1.807) is 13.0 Å². The second-order valence-electron chi connectivity index (χ2n) is 8.44. The Morgan fingerprint density at radius 1 is 1.22 bits per heavy atom. The number of thiol groups is 1. The van der Waals surface area contributed by atoms with E-state index in [1.165, 1.54) is 0 Å². The number of likely N-dealkylation sites (tertiary alicyclic amines) is 1. The van der Waals surface area contributed by atoms with Gasteiger partial charge in [0, 0.05) is 35.3 Å². The Morgan fingerprint density at radius 3 is 2.78 bits per heavy atom. The SMILES string of the molecule is Cc1cc(NC[C@@]2(S)CCCN([C@H](C)c3ccc4c(n3)OCCO4)C2)cc(C(F)(F)F)n1. The van der Waals surface area contributed by atoms with E-state index in [4.69, 9.17) is 22.1 Å². The van der Waals surface area contributed by atoms with Crippen LogP contribution in [-0.4, -0.2) is 52.5 Å². The monoisotopic (exact) mass is 468 g/mol. The molecule has 1 N–H and O–H groups in total. The number of aryl methyl sites for hydroxylation is 1. The third-order valence-electron chi connectivity index (χ3n) is 5.85. The highest BCUT2D eigenvalue weighted by molar-refractivity contribution is 7.81. The molecule has 32 heavy (non-hydrogen) atoms. The number of piperidine rings is 1. The molecule has 1 saturated heterocycles. The van der Waals surface area contributed by atoms with Gasteiger partial charge in [-0.3, -0.25) is 4.90 Å². The number of hydrogen-bond acceptors (Lipinski definition) is 7. The summed E-state index contributed by atoms with van der Waals surface area (Å²) in [6.07, 6.45) is -2.69. The minimum atomic E-state index is -4.48. The van der Waals surface area contributed by atoms with Gasteiger partial charge >= 0.3 is 6.18 Å². The molecule has 0 radical (unpaired) electrons. The Labute approximate surface area is 190 Å². The number of fused-ring (bicyclic) bond motifs is 1. The molecule has 0 unspecified atom stereocenters. The molecule has 10 heteroatoms. The quantitative estimate of drug-likeness (QED) is 0.630. The first-order chi connectivity index (χ1) is 15.1. The maximum Gasteiger partial charge on any atom is 0.433 e. The molecule has 0 aromatic carbocycles. The van der Waals surface area contributed by atoms with Gasteiger partial charge in [0.25, 0.3) is 5.88 Å². The predicted octanol–water partition coefficient (Wildman–Crippen LogP) is 4.51. The normalized spacial score (nSPS) is 22.4. The Balaban J connectivity index is 1.43. The summed E-state index contributed by atoms with van der Waals surface area (Å²) < 4.78 is 50.0. The van der Waals surface area contributed by atoms with Gasteiger partial charge in [-0.2, -0.15) is 25.8 Å². The van der Waals surface area contributed by atoms with Crippen molar-refractivity contribution in [1.82, 2.24) is 14.9 Å². The number of hydrogen-bond donors (Lipinski definition) is 2. The molecular formula is C22H27F3N4O2S. The van der Waals surface area contributed by atoms with Crippen LogP contribution in [-0.2, 0) is 6.18 Å². The van der Waals surface area contributed by atoms with E-state index in [-0.39, 0.29) is 6.04 Å². The molecule has 174 valence electrons. The zero-order valence-electron chi connectivity index (χ0n) is 18.1. The van der Waals surface area contributed by atoms with Gasteiger partial charge in [-0.05, 0) is 57.5 Å². The molecule has 2 atom stereocenters. The number of rotatable bonds is 5. The standard InChI is InChI=1S/C22H27F3N4O2S/c1-14-10-16(11-19(27-14)22(23,24)25)26-12-21(32)6-3-7-29(13-21)15(2)17-4-5-18-20(28-17)31-9-8-30-18/h4-5,10-11,15,32H,3,6-9,12-13H2,1-2H3,(H,26,27)/t15-,21+/m1/s1. The molecule has 4 heterocycles. The van der Waals surface area contributed by atoms with Crippen molar-refractivity contribution in [2.45, 2.75) is 43.7 Å². The van der Waals surface area contributed by atoms with Crippen LogP contribution in [0.4, 0.5) is 18.9 Å².